The van der Waals surface area contributed by atoms with Gasteiger partial charge in [-0.1, -0.05) is 39.0 Å². The van der Waals surface area contributed by atoms with E-state index in [-0.39, 0.29) is 11.5 Å². The van der Waals surface area contributed by atoms with Gasteiger partial charge in [-0.2, -0.15) is 0 Å². The largest absolute Gasteiger partial charge is 0.507 e. The number of benzene rings is 1. The molecule has 0 aliphatic carbocycles. The van der Waals surface area contributed by atoms with Crippen molar-refractivity contribution in [2.45, 2.75) is 38.8 Å². The summed E-state index contributed by atoms with van der Waals surface area (Å²) in [5.41, 5.74) is 7.60. The minimum absolute atomic E-state index is 0.0507. The minimum Gasteiger partial charge on any atom is -0.507 e. The van der Waals surface area contributed by atoms with E-state index in [1.54, 1.807) is 0 Å². The van der Waals surface area contributed by atoms with E-state index in [9.17, 15) is 5.11 Å². The summed E-state index contributed by atoms with van der Waals surface area (Å²) in [6.07, 6.45) is 0.108. The normalized spacial score (nSPS) is 21.1. The molecule has 1 aromatic rings. The van der Waals surface area contributed by atoms with Crippen molar-refractivity contribution < 1.29 is 9.84 Å². The lowest BCUT2D eigenvalue weighted by atomic mass is 9.85. The van der Waals surface area contributed by atoms with Crippen LogP contribution < -0.4 is 5.73 Å². The summed E-state index contributed by atoms with van der Waals surface area (Å²) in [5.74, 6) is 0.427. The van der Waals surface area contributed by atoms with Crippen LogP contribution in [0.2, 0.25) is 0 Å². The molecule has 1 heterocycles. The van der Waals surface area contributed by atoms with Crippen molar-refractivity contribution in [3.05, 3.63) is 29.3 Å². The van der Waals surface area contributed by atoms with E-state index in [1.165, 1.54) is 0 Å². The molecule has 1 atom stereocenters. The Balaban J connectivity index is 2.14. The van der Waals surface area contributed by atoms with E-state index in [0.29, 0.717) is 18.9 Å². The zero-order valence-electron chi connectivity index (χ0n) is 12.7. The number of hydrogen-bond donors (Lipinski definition) is 2. The summed E-state index contributed by atoms with van der Waals surface area (Å²) in [6, 6.07) is 6.02. The van der Waals surface area contributed by atoms with Gasteiger partial charge in [-0.15, -0.1) is 0 Å². The van der Waals surface area contributed by atoms with Crippen molar-refractivity contribution in [3.8, 4) is 5.75 Å². The van der Waals surface area contributed by atoms with Crippen LogP contribution >= 0.6 is 0 Å². The second-order valence-corrected chi connectivity index (χ2v) is 6.53. The second-order valence-electron chi connectivity index (χ2n) is 6.53. The second kappa shape index (κ2) is 6.12. The zero-order valence-corrected chi connectivity index (χ0v) is 12.7. The molecule has 1 aliphatic rings. The Morgan fingerprint density at radius 3 is 2.80 bits per heavy atom. The van der Waals surface area contributed by atoms with Crippen LogP contribution in [0.5, 0.6) is 5.75 Å². The molecule has 0 unspecified atom stereocenters. The first-order valence-electron chi connectivity index (χ1n) is 7.27. The Morgan fingerprint density at radius 1 is 1.40 bits per heavy atom. The van der Waals surface area contributed by atoms with Crippen LogP contribution in [0.1, 0.15) is 31.9 Å². The van der Waals surface area contributed by atoms with Crippen molar-refractivity contribution in [2.24, 2.45) is 5.73 Å². The maximum atomic E-state index is 10.5. The Labute approximate surface area is 121 Å². The molecular weight excluding hydrogens is 252 g/mol. The summed E-state index contributed by atoms with van der Waals surface area (Å²) >= 11 is 0. The fourth-order valence-corrected chi connectivity index (χ4v) is 2.63. The lowest BCUT2D eigenvalue weighted by Gasteiger charge is -2.33. The number of nitrogens with two attached hydrogens (primary N) is 1. The molecule has 4 heteroatoms. The standard InChI is InChI=1S/C16H26N2O2/c1-16(2,3)14-6-4-5-12(15(14)19)10-18-7-8-20-13(9-17)11-18/h4-6,13,19H,7-11,17H2,1-3H3/t13-/m0/s1. The molecule has 3 N–H and O–H groups in total. The summed E-state index contributed by atoms with van der Waals surface area (Å²) in [5, 5.41) is 10.5. The van der Waals surface area contributed by atoms with Gasteiger partial charge < -0.3 is 15.6 Å². The third-order valence-electron chi connectivity index (χ3n) is 3.81. The molecule has 0 saturated carbocycles. The minimum atomic E-state index is -0.0507. The first kappa shape index (κ1) is 15.3. The Hall–Kier alpha value is -1.10. The van der Waals surface area contributed by atoms with Gasteiger partial charge in [-0.05, 0) is 11.0 Å². The predicted molar refractivity (Wildman–Crippen MR) is 80.9 cm³/mol. The van der Waals surface area contributed by atoms with Gasteiger partial charge in [0, 0.05) is 31.7 Å². The number of rotatable bonds is 3. The topological polar surface area (TPSA) is 58.7 Å². The molecular formula is C16H26N2O2. The van der Waals surface area contributed by atoms with Crippen molar-refractivity contribution in [3.63, 3.8) is 0 Å². The SMILES string of the molecule is CC(C)(C)c1cccc(CN2CCO[C@@H](CN)C2)c1O. The summed E-state index contributed by atoms with van der Waals surface area (Å²) in [6.45, 7) is 10.1. The van der Waals surface area contributed by atoms with Gasteiger partial charge in [0.1, 0.15) is 5.75 Å². The fraction of sp³-hybridized carbons (Fsp3) is 0.625. The Bertz CT molecular complexity index is 454. The highest BCUT2D eigenvalue weighted by Gasteiger charge is 2.23. The van der Waals surface area contributed by atoms with Crippen LogP contribution in [0.25, 0.3) is 0 Å². The average Bonchev–Trinajstić information content (AvgIpc) is 2.40. The third-order valence-corrected chi connectivity index (χ3v) is 3.81. The van der Waals surface area contributed by atoms with Crippen molar-refractivity contribution in [1.29, 1.82) is 0 Å². The van der Waals surface area contributed by atoms with Gasteiger partial charge in [0.25, 0.3) is 0 Å². The van der Waals surface area contributed by atoms with Crippen LogP contribution in [0.3, 0.4) is 0 Å². The molecule has 0 spiro atoms. The van der Waals surface area contributed by atoms with Crippen LogP contribution in [0.4, 0.5) is 0 Å². The molecule has 0 aromatic heterocycles. The molecule has 0 radical (unpaired) electrons. The Kier molecular flexibility index (Phi) is 4.68. The van der Waals surface area contributed by atoms with E-state index >= 15 is 0 Å². The number of phenolic OH excluding ortho intramolecular Hbond substituents is 1. The highest BCUT2D eigenvalue weighted by molar-refractivity contribution is 5.43. The van der Waals surface area contributed by atoms with Gasteiger partial charge in [-0.3, -0.25) is 4.90 Å². The number of morpholine rings is 1. The maximum Gasteiger partial charge on any atom is 0.123 e. The average molecular weight is 278 g/mol. The van der Waals surface area contributed by atoms with Gasteiger partial charge in [0.15, 0.2) is 0 Å². The summed E-state index contributed by atoms with van der Waals surface area (Å²) in [4.78, 5) is 2.29. The van der Waals surface area contributed by atoms with E-state index in [0.717, 1.165) is 30.8 Å². The molecule has 4 nitrogen and oxygen atoms in total. The molecule has 1 saturated heterocycles. The monoisotopic (exact) mass is 278 g/mol. The number of aromatic hydroxyl groups is 1. The molecule has 0 amide bonds. The lowest BCUT2D eigenvalue weighted by molar-refractivity contribution is -0.0262. The number of hydrogen-bond acceptors (Lipinski definition) is 4. The Morgan fingerprint density at radius 2 is 2.15 bits per heavy atom. The lowest BCUT2D eigenvalue weighted by Crippen LogP contribution is -2.45. The first-order chi connectivity index (χ1) is 9.41. The van der Waals surface area contributed by atoms with Crippen LogP contribution in [-0.4, -0.2) is 42.4 Å². The molecule has 112 valence electrons. The van der Waals surface area contributed by atoms with Crippen LogP contribution in [0, 0.1) is 0 Å². The van der Waals surface area contributed by atoms with Crippen molar-refractivity contribution in [1.82, 2.24) is 4.90 Å². The number of phenols is 1. The summed E-state index contributed by atoms with van der Waals surface area (Å²) < 4.78 is 5.57. The smallest absolute Gasteiger partial charge is 0.123 e. The van der Waals surface area contributed by atoms with Crippen LogP contribution in [0.15, 0.2) is 18.2 Å². The van der Waals surface area contributed by atoms with Crippen LogP contribution in [-0.2, 0) is 16.7 Å². The number of para-hydroxylation sites is 1. The van der Waals surface area contributed by atoms with E-state index in [4.69, 9.17) is 10.5 Å². The predicted octanol–water partition coefficient (Wildman–Crippen LogP) is 1.85. The molecule has 0 bridgehead atoms. The molecule has 20 heavy (non-hydrogen) atoms. The van der Waals surface area contributed by atoms with Gasteiger partial charge in [0.2, 0.25) is 0 Å². The fourth-order valence-electron chi connectivity index (χ4n) is 2.63. The van der Waals surface area contributed by atoms with Gasteiger partial charge in [0.05, 0.1) is 12.7 Å². The third kappa shape index (κ3) is 3.51. The van der Waals surface area contributed by atoms with E-state index in [2.05, 4.69) is 25.7 Å². The zero-order chi connectivity index (χ0) is 14.8. The molecule has 1 aromatic carbocycles. The van der Waals surface area contributed by atoms with Gasteiger partial charge >= 0.3 is 0 Å². The van der Waals surface area contributed by atoms with Crippen molar-refractivity contribution >= 4 is 0 Å². The number of ether oxygens (including phenoxy) is 1. The van der Waals surface area contributed by atoms with Crippen molar-refractivity contribution in [2.75, 3.05) is 26.2 Å². The quantitative estimate of drug-likeness (QED) is 0.886. The number of nitrogens with zero attached hydrogens (tertiary/aromatic N) is 1. The highest BCUT2D eigenvalue weighted by atomic mass is 16.5. The first-order valence-corrected chi connectivity index (χ1v) is 7.27. The van der Waals surface area contributed by atoms with Gasteiger partial charge in [-0.25, -0.2) is 0 Å². The van der Waals surface area contributed by atoms with E-state index in [1.807, 2.05) is 18.2 Å². The highest BCUT2D eigenvalue weighted by Crippen LogP contribution is 2.33. The molecule has 1 fully saturated rings. The summed E-state index contributed by atoms with van der Waals surface area (Å²) in [7, 11) is 0. The molecule has 1 aliphatic heterocycles. The molecule has 2 rings (SSSR count). The maximum absolute atomic E-state index is 10.5. The van der Waals surface area contributed by atoms with E-state index < -0.39 is 0 Å².